The molecule has 23 heavy (non-hydrogen) atoms. The number of aromatic nitrogens is 1. The third kappa shape index (κ3) is 3.27. The molecule has 6 heteroatoms. The smallest absolute Gasteiger partial charge is 0.311 e. The first-order chi connectivity index (χ1) is 11.0. The normalized spacial score (nSPS) is 29.0. The Morgan fingerprint density at radius 3 is 2.78 bits per heavy atom. The van der Waals surface area contributed by atoms with Crippen LogP contribution in [0.5, 0.6) is 0 Å². The molecule has 0 aromatic carbocycles. The molecule has 4 atom stereocenters. The van der Waals surface area contributed by atoms with Gasteiger partial charge in [0.25, 0.3) is 0 Å². The lowest BCUT2D eigenvalue weighted by Crippen LogP contribution is -2.47. The van der Waals surface area contributed by atoms with Crippen molar-refractivity contribution in [3.63, 3.8) is 0 Å². The van der Waals surface area contributed by atoms with Crippen molar-refractivity contribution in [1.82, 2.24) is 10.3 Å². The number of esters is 1. The predicted molar refractivity (Wildman–Crippen MR) is 88.2 cm³/mol. The van der Waals surface area contributed by atoms with Crippen LogP contribution in [-0.4, -0.2) is 30.0 Å². The second kappa shape index (κ2) is 6.59. The van der Waals surface area contributed by atoms with E-state index in [1.54, 1.807) is 11.3 Å². The first-order valence-electron chi connectivity index (χ1n) is 8.31. The molecule has 1 N–H and O–H groups in total. The van der Waals surface area contributed by atoms with E-state index < -0.39 is 0 Å². The van der Waals surface area contributed by atoms with Crippen LogP contribution in [0.15, 0.2) is 5.38 Å². The molecule has 1 aromatic rings. The number of rotatable bonds is 5. The highest BCUT2D eigenvalue weighted by molar-refractivity contribution is 7.09. The SMILES string of the molecule is COC(=O)[C@H]1[C@H]2CC[C@@H](C2)[C@@H]1NC(=O)Cc1csc(C(C)C)n1. The van der Waals surface area contributed by atoms with E-state index in [-0.39, 0.29) is 30.3 Å². The maximum Gasteiger partial charge on any atom is 0.311 e. The fourth-order valence-corrected chi connectivity index (χ4v) is 4.88. The topological polar surface area (TPSA) is 68.3 Å². The molecule has 2 saturated carbocycles. The van der Waals surface area contributed by atoms with Crippen molar-refractivity contribution in [3.8, 4) is 0 Å². The molecule has 2 aliphatic carbocycles. The van der Waals surface area contributed by atoms with Crippen LogP contribution in [0.25, 0.3) is 0 Å². The van der Waals surface area contributed by atoms with E-state index in [1.807, 2.05) is 5.38 Å². The van der Waals surface area contributed by atoms with Gasteiger partial charge in [0.2, 0.25) is 5.91 Å². The maximum absolute atomic E-state index is 12.4. The molecule has 0 aliphatic heterocycles. The van der Waals surface area contributed by atoms with Gasteiger partial charge in [-0.2, -0.15) is 0 Å². The molecule has 2 aliphatic rings. The van der Waals surface area contributed by atoms with Crippen molar-refractivity contribution in [3.05, 3.63) is 16.1 Å². The highest BCUT2D eigenvalue weighted by atomic mass is 32.1. The molecule has 0 unspecified atom stereocenters. The average Bonchev–Trinajstić information content (AvgIpc) is 3.21. The molecule has 2 fully saturated rings. The number of fused-ring (bicyclic) bond motifs is 2. The number of thiazole rings is 1. The lowest BCUT2D eigenvalue weighted by Gasteiger charge is -2.29. The predicted octanol–water partition coefficient (Wildman–Crippen LogP) is 2.51. The van der Waals surface area contributed by atoms with Crippen molar-refractivity contribution in [2.24, 2.45) is 17.8 Å². The number of hydrogen-bond donors (Lipinski definition) is 1. The van der Waals surface area contributed by atoms with Gasteiger partial charge < -0.3 is 10.1 Å². The molecule has 0 spiro atoms. The van der Waals surface area contributed by atoms with Gasteiger partial charge in [-0.05, 0) is 31.1 Å². The lowest BCUT2D eigenvalue weighted by atomic mass is 9.84. The van der Waals surface area contributed by atoms with Crippen molar-refractivity contribution < 1.29 is 14.3 Å². The number of ether oxygens (including phenoxy) is 1. The summed E-state index contributed by atoms with van der Waals surface area (Å²) in [5, 5.41) is 6.10. The standard InChI is InChI=1S/C17H24N2O3S/c1-9(2)16-18-12(8-23-16)7-13(20)19-15-11-5-4-10(6-11)14(15)17(21)22-3/h8-11,14-15H,4-7H2,1-3H3,(H,19,20)/t10-,11-,14-,15-/m0/s1. The van der Waals surface area contributed by atoms with Crippen molar-refractivity contribution >= 4 is 23.2 Å². The quantitative estimate of drug-likeness (QED) is 0.839. The van der Waals surface area contributed by atoms with Gasteiger partial charge in [0.15, 0.2) is 0 Å². The number of hydrogen-bond acceptors (Lipinski definition) is 5. The summed E-state index contributed by atoms with van der Waals surface area (Å²) < 4.78 is 4.95. The number of nitrogens with zero attached hydrogens (tertiary/aromatic N) is 1. The Morgan fingerprint density at radius 1 is 1.39 bits per heavy atom. The third-order valence-corrected chi connectivity index (χ3v) is 6.32. The number of carbonyl (C=O) groups is 2. The van der Waals surface area contributed by atoms with E-state index in [1.165, 1.54) is 7.11 Å². The number of amides is 1. The third-order valence-electron chi connectivity index (χ3n) is 5.12. The highest BCUT2D eigenvalue weighted by Gasteiger charge is 2.51. The summed E-state index contributed by atoms with van der Waals surface area (Å²) >= 11 is 1.60. The molecule has 1 amide bonds. The minimum atomic E-state index is -0.182. The average molecular weight is 336 g/mol. The van der Waals surface area contributed by atoms with E-state index in [0.717, 1.165) is 30.0 Å². The van der Waals surface area contributed by atoms with Crippen LogP contribution in [-0.2, 0) is 20.7 Å². The van der Waals surface area contributed by atoms with Crippen LogP contribution in [0.2, 0.25) is 0 Å². The van der Waals surface area contributed by atoms with Crippen LogP contribution in [0.3, 0.4) is 0 Å². The van der Waals surface area contributed by atoms with Gasteiger partial charge in [-0.25, -0.2) is 4.98 Å². The van der Waals surface area contributed by atoms with Gasteiger partial charge in [-0.15, -0.1) is 11.3 Å². The van der Waals surface area contributed by atoms with E-state index >= 15 is 0 Å². The largest absolute Gasteiger partial charge is 0.469 e. The van der Waals surface area contributed by atoms with Crippen LogP contribution >= 0.6 is 11.3 Å². The zero-order valence-electron chi connectivity index (χ0n) is 13.9. The van der Waals surface area contributed by atoms with Crippen LogP contribution in [0.1, 0.15) is 49.7 Å². The van der Waals surface area contributed by atoms with E-state index in [2.05, 4.69) is 24.1 Å². The lowest BCUT2D eigenvalue weighted by molar-refractivity contribution is -0.148. The Balaban J connectivity index is 1.63. The van der Waals surface area contributed by atoms with Crippen LogP contribution < -0.4 is 5.32 Å². The van der Waals surface area contributed by atoms with Crippen molar-refractivity contribution in [2.45, 2.75) is 51.5 Å². The van der Waals surface area contributed by atoms with Gasteiger partial charge in [0.05, 0.1) is 30.2 Å². The summed E-state index contributed by atoms with van der Waals surface area (Å²) in [6.45, 7) is 4.19. The Kier molecular flexibility index (Phi) is 4.71. The summed E-state index contributed by atoms with van der Waals surface area (Å²) in [5.41, 5.74) is 0.814. The molecule has 0 saturated heterocycles. The Bertz CT molecular complexity index is 598. The van der Waals surface area contributed by atoms with Gasteiger partial charge in [0, 0.05) is 17.3 Å². The summed E-state index contributed by atoms with van der Waals surface area (Å²) in [6, 6.07) is -0.0723. The van der Waals surface area contributed by atoms with Crippen molar-refractivity contribution in [1.29, 1.82) is 0 Å². The van der Waals surface area contributed by atoms with Crippen LogP contribution in [0, 0.1) is 17.8 Å². The second-order valence-electron chi connectivity index (χ2n) is 6.98. The number of carbonyl (C=O) groups excluding carboxylic acids is 2. The number of methoxy groups -OCH3 is 1. The summed E-state index contributed by atoms with van der Waals surface area (Å²) in [7, 11) is 1.43. The Hall–Kier alpha value is -1.43. The van der Waals surface area contributed by atoms with Crippen molar-refractivity contribution in [2.75, 3.05) is 7.11 Å². The van der Waals surface area contributed by atoms with Gasteiger partial charge in [-0.1, -0.05) is 13.8 Å². The zero-order chi connectivity index (χ0) is 16.6. The molecule has 1 heterocycles. The van der Waals surface area contributed by atoms with Gasteiger partial charge >= 0.3 is 5.97 Å². The summed E-state index contributed by atoms with van der Waals surface area (Å²) in [4.78, 5) is 28.9. The van der Waals surface area contributed by atoms with Gasteiger partial charge in [-0.3, -0.25) is 9.59 Å². The Morgan fingerprint density at radius 2 is 2.13 bits per heavy atom. The second-order valence-corrected chi connectivity index (χ2v) is 7.87. The first kappa shape index (κ1) is 16.4. The number of nitrogens with one attached hydrogen (secondary N) is 1. The molecular formula is C17H24N2O3S. The maximum atomic E-state index is 12.4. The molecule has 1 aromatic heterocycles. The Labute approximate surface area is 140 Å². The minimum Gasteiger partial charge on any atom is -0.469 e. The molecular weight excluding hydrogens is 312 g/mol. The van der Waals surface area contributed by atoms with E-state index in [4.69, 9.17) is 4.74 Å². The molecule has 5 nitrogen and oxygen atoms in total. The van der Waals surface area contributed by atoms with Gasteiger partial charge in [0.1, 0.15) is 0 Å². The van der Waals surface area contributed by atoms with E-state index in [0.29, 0.717) is 17.8 Å². The molecule has 126 valence electrons. The monoisotopic (exact) mass is 336 g/mol. The first-order valence-corrected chi connectivity index (χ1v) is 9.19. The summed E-state index contributed by atoms with van der Waals surface area (Å²) in [6.07, 6.45) is 3.47. The molecule has 2 bridgehead atoms. The van der Waals surface area contributed by atoms with E-state index in [9.17, 15) is 9.59 Å². The molecule has 3 rings (SSSR count). The minimum absolute atomic E-state index is 0.0444. The summed E-state index contributed by atoms with van der Waals surface area (Å²) in [5.74, 6) is 0.755. The van der Waals surface area contributed by atoms with Crippen LogP contribution in [0.4, 0.5) is 0 Å². The zero-order valence-corrected chi connectivity index (χ0v) is 14.7. The fraction of sp³-hybridized carbons (Fsp3) is 0.706. The molecule has 0 radical (unpaired) electrons. The highest BCUT2D eigenvalue weighted by Crippen LogP contribution is 2.48. The fourth-order valence-electron chi connectivity index (χ4n) is 4.04.